The molecule has 0 aliphatic carbocycles. The zero-order chi connectivity index (χ0) is 27.1. The van der Waals surface area contributed by atoms with Crippen molar-refractivity contribution in [3.63, 3.8) is 0 Å². The van der Waals surface area contributed by atoms with Crippen molar-refractivity contribution in [2.45, 2.75) is 12.8 Å². The van der Waals surface area contributed by atoms with Gasteiger partial charge in [-0.25, -0.2) is 0 Å². The standard InChI is InChI=1S/C28H26N4O5S/c1-17-25(27(34)32-21-7-4-5-8-22(21)36-3)26(23-9-6-14-37-23)20(15-29)28(30-17)38-16-24(33)31-18-10-12-19(35-2)13-11-18/h4-14,26,30H,16H2,1-3H3,(H,31,33)(H,32,34). The predicted molar refractivity (Wildman–Crippen MR) is 146 cm³/mol. The van der Waals surface area contributed by atoms with Gasteiger partial charge >= 0.3 is 0 Å². The van der Waals surface area contributed by atoms with Crippen LogP contribution in [-0.4, -0.2) is 31.8 Å². The molecule has 9 nitrogen and oxygen atoms in total. The van der Waals surface area contributed by atoms with Crippen LogP contribution in [-0.2, 0) is 9.59 Å². The molecular weight excluding hydrogens is 504 g/mol. The molecule has 1 unspecified atom stereocenters. The molecule has 3 N–H and O–H groups in total. The van der Waals surface area contributed by atoms with Crippen LogP contribution >= 0.6 is 11.8 Å². The van der Waals surface area contributed by atoms with Crippen LogP contribution in [0.25, 0.3) is 0 Å². The highest BCUT2D eigenvalue weighted by molar-refractivity contribution is 8.03. The van der Waals surface area contributed by atoms with Crippen LogP contribution in [0.1, 0.15) is 18.6 Å². The first-order valence-electron chi connectivity index (χ1n) is 11.6. The zero-order valence-electron chi connectivity index (χ0n) is 21.0. The number of methoxy groups -OCH3 is 2. The summed E-state index contributed by atoms with van der Waals surface area (Å²) >= 11 is 1.18. The Hall–Kier alpha value is -4.62. The molecule has 0 saturated carbocycles. The number of benzene rings is 2. The van der Waals surface area contributed by atoms with E-state index in [4.69, 9.17) is 13.9 Å². The summed E-state index contributed by atoms with van der Waals surface area (Å²) in [5.41, 5.74) is 2.27. The fourth-order valence-corrected chi connectivity index (χ4v) is 4.91. The van der Waals surface area contributed by atoms with Crippen molar-refractivity contribution in [2.75, 3.05) is 30.6 Å². The lowest BCUT2D eigenvalue weighted by atomic mass is 9.85. The van der Waals surface area contributed by atoms with E-state index in [1.807, 2.05) is 0 Å². The highest BCUT2D eigenvalue weighted by atomic mass is 32.2. The van der Waals surface area contributed by atoms with Crippen molar-refractivity contribution in [1.82, 2.24) is 5.32 Å². The van der Waals surface area contributed by atoms with Crippen LogP contribution in [0.15, 0.2) is 93.2 Å². The summed E-state index contributed by atoms with van der Waals surface area (Å²) in [7, 11) is 3.09. The SMILES string of the molecule is COc1ccc(NC(=O)CSC2=C(C#N)C(c3ccco3)C(C(=O)Nc3ccccc3OC)=C(C)N2)cc1. The molecule has 0 spiro atoms. The Labute approximate surface area is 224 Å². The summed E-state index contributed by atoms with van der Waals surface area (Å²) < 4.78 is 16.1. The monoisotopic (exact) mass is 530 g/mol. The third-order valence-electron chi connectivity index (χ3n) is 5.80. The lowest BCUT2D eigenvalue weighted by Crippen LogP contribution is -2.31. The van der Waals surface area contributed by atoms with Gasteiger partial charge in [0, 0.05) is 11.4 Å². The summed E-state index contributed by atoms with van der Waals surface area (Å²) in [6.45, 7) is 1.75. The van der Waals surface area contributed by atoms with E-state index < -0.39 is 11.8 Å². The maximum Gasteiger partial charge on any atom is 0.254 e. The average Bonchev–Trinajstić information content (AvgIpc) is 3.47. The summed E-state index contributed by atoms with van der Waals surface area (Å²) in [5.74, 6) is 0.251. The number of dihydropyridines is 1. The first-order chi connectivity index (χ1) is 18.4. The number of carbonyl (C=O) groups excluding carboxylic acids is 2. The van der Waals surface area contributed by atoms with Gasteiger partial charge in [0.2, 0.25) is 5.91 Å². The van der Waals surface area contributed by atoms with Gasteiger partial charge in [0.1, 0.15) is 17.3 Å². The van der Waals surface area contributed by atoms with E-state index in [1.54, 1.807) is 74.7 Å². The minimum atomic E-state index is -0.766. The Bertz CT molecular complexity index is 1420. The fraction of sp³-hybridized carbons (Fsp3) is 0.179. The van der Waals surface area contributed by atoms with Crippen LogP contribution in [0.3, 0.4) is 0 Å². The molecule has 1 aliphatic rings. The smallest absolute Gasteiger partial charge is 0.254 e. The number of para-hydroxylation sites is 2. The molecule has 1 aromatic heterocycles. The number of hydrogen-bond donors (Lipinski definition) is 3. The first-order valence-corrected chi connectivity index (χ1v) is 12.6. The largest absolute Gasteiger partial charge is 0.497 e. The number of nitriles is 1. The number of thioether (sulfide) groups is 1. The van der Waals surface area contributed by atoms with E-state index in [-0.39, 0.29) is 17.2 Å². The maximum absolute atomic E-state index is 13.5. The normalized spacial score (nSPS) is 14.8. The molecule has 0 bridgehead atoms. The number of rotatable bonds is 9. The molecule has 2 heterocycles. The van der Waals surface area contributed by atoms with Crippen LogP contribution in [0.2, 0.25) is 0 Å². The van der Waals surface area contributed by atoms with Crippen LogP contribution < -0.4 is 25.4 Å². The highest BCUT2D eigenvalue weighted by Gasteiger charge is 2.36. The van der Waals surface area contributed by atoms with E-state index in [9.17, 15) is 14.9 Å². The summed E-state index contributed by atoms with van der Waals surface area (Å²) in [5, 5.41) is 19.5. The Morgan fingerprint density at radius 1 is 1.05 bits per heavy atom. The molecule has 4 rings (SSSR count). The maximum atomic E-state index is 13.5. The lowest BCUT2D eigenvalue weighted by Gasteiger charge is -2.28. The second-order valence-corrected chi connectivity index (χ2v) is 9.17. The van der Waals surface area contributed by atoms with Crippen molar-refractivity contribution >= 4 is 35.0 Å². The van der Waals surface area contributed by atoms with Crippen LogP contribution in [0.4, 0.5) is 11.4 Å². The molecule has 2 amide bonds. The number of furan rings is 1. The number of hydrogen-bond acceptors (Lipinski definition) is 8. The van der Waals surface area contributed by atoms with Gasteiger partial charge in [0.05, 0.1) is 60.1 Å². The Morgan fingerprint density at radius 2 is 1.82 bits per heavy atom. The van der Waals surface area contributed by atoms with E-state index in [2.05, 4.69) is 22.0 Å². The van der Waals surface area contributed by atoms with Crippen molar-refractivity contribution < 1.29 is 23.5 Å². The van der Waals surface area contributed by atoms with Gasteiger partial charge in [0.15, 0.2) is 0 Å². The number of anilines is 2. The number of nitrogens with zero attached hydrogens (tertiary/aromatic N) is 1. The van der Waals surface area contributed by atoms with E-state index in [0.29, 0.717) is 44.9 Å². The van der Waals surface area contributed by atoms with E-state index in [0.717, 1.165) is 0 Å². The molecule has 194 valence electrons. The molecule has 0 radical (unpaired) electrons. The molecule has 1 atom stereocenters. The van der Waals surface area contributed by atoms with Gasteiger partial charge < -0.3 is 29.8 Å². The predicted octanol–water partition coefficient (Wildman–Crippen LogP) is 5.00. The van der Waals surface area contributed by atoms with Gasteiger partial charge in [-0.3, -0.25) is 9.59 Å². The average molecular weight is 531 g/mol. The van der Waals surface area contributed by atoms with Gasteiger partial charge in [0.25, 0.3) is 5.91 Å². The quantitative estimate of drug-likeness (QED) is 0.353. The molecule has 0 fully saturated rings. The van der Waals surface area contributed by atoms with Gasteiger partial charge in [-0.05, 0) is 55.5 Å². The van der Waals surface area contributed by atoms with E-state index >= 15 is 0 Å². The minimum Gasteiger partial charge on any atom is -0.497 e. The number of allylic oxidation sites excluding steroid dienone is 2. The van der Waals surface area contributed by atoms with Gasteiger partial charge in [-0.15, -0.1) is 0 Å². The molecule has 2 aromatic carbocycles. The van der Waals surface area contributed by atoms with Gasteiger partial charge in [-0.2, -0.15) is 5.26 Å². The number of nitrogens with one attached hydrogen (secondary N) is 3. The van der Waals surface area contributed by atoms with Crippen molar-refractivity contribution in [3.8, 4) is 17.6 Å². The summed E-state index contributed by atoms with van der Waals surface area (Å²) in [6.07, 6.45) is 1.49. The second kappa shape index (κ2) is 12.1. The Balaban J connectivity index is 1.57. The Kier molecular flexibility index (Phi) is 8.40. The topological polar surface area (TPSA) is 126 Å². The van der Waals surface area contributed by atoms with Crippen LogP contribution in [0, 0.1) is 11.3 Å². The number of amides is 2. The summed E-state index contributed by atoms with van der Waals surface area (Å²) in [6, 6.07) is 19.7. The van der Waals surface area contributed by atoms with Crippen molar-refractivity contribution in [1.29, 1.82) is 5.26 Å². The van der Waals surface area contributed by atoms with Crippen molar-refractivity contribution in [2.24, 2.45) is 0 Å². The third-order valence-corrected chi connectivity index (χ3v) is 6.81. The zero-order valence-corrected chi connectivity index (χ0v) is 21.8. The minimum absolute atomic E-state index is 0.0421. The Morgan fingerprint density at radius 3 is 2.47 bits per heavy atom. The first kappa shape index (κ1) is 26.4. The van der Waals surface area contributed by atoms with E-state index in [1.165, 1.54) is 25.1 Å². The molecule has 38 heavy (non-hydrogen) atoms. The van der Waals surface area contributed by atoms with Gasteiger partial charge in [-0.1, -0.05) is 23.9 Å². The van der Waals surface area contributed by atoms with Crippen molar-refractivity contribution in [3.05, 3.63) is 94.6 Å². The fourth-order valence-electron chi connectivity index (χ4n) is 4.01. The molecular formula is C28H26N4O5S. The molecule has 3 aromatic rings. The van der Waals surface area contributed by atoms with Crippen LogP contribution in [0.5, 0.6) is 11.5 Å². The summed E-state index contributed by atoms with van der Waals surface area (Å²) in [4.78, 5) is 26.1. The third kappa shape index (κ3) is 5.85. The molecule has 1 aliphatic heterocycles. The lowest BCUT2D eigenvalue weighted by molar-refractivity contribution is -0.114. The number of ether oxygens (including phenoxy) is 2. The highest BCUT2D eigenvalue weighted by Crippen LogP contribution is 2.41. The second-order valence-electron chi connectivity index (χ2n) is 8.19. The number of carbonyl (C=O) groups is 2. The molecule has 0 saturated heterocycles. The molecule has 10 heteroatoms.